The van der Waals surface area contributed by atoms with Gasteiger partial charge in [-0.2, -0.15) is 0 Å². The van der Waals surface area contributed by atoms with Crippen LogP contribution in [0, 0.1) is 0 Å². The maximum atomic E-state index is 12.1. The van der Waals surface area contributed by atoms with Gasteiger partial charge in [-0.05, 0) is 5.56 Å². The third kappa shape index (κ3) is 3.16. The number of hydrogen-bond acceptors (Lipinski definition) is 6. The monoisotopic (exact) mass is 297 g/mol. The van der Waals surface area contributed by atoms with Gasteiger partial charge in [-0.15, -0.1) is 0 Å². The highest BCUT2D eigenvalue weighted by atomic mass is 16.6. The maximum absolute atomic E-state index is 12.1. The molecule has 21 heavy (non-hydrogen) atoms. The van der Waals surface area contributed by atoms with Gasteiger partial charge >= 0.3 is 6.09 Å². The van der Waals surface area contributed by atoms with E-state index in [1.165, 1.54) is 0 Å². The van der Waals surface area contributed by atoms with Crippen LogP contribution < -0.4 is 0 Å². The fourth-order valence-corrected chi connectivity index (χ4v) is 2.49. The van der Waals surface area contributed by atoms with Crippen molar-refractivity contribution in [2.75, 3.05) is 13.2 Å². The second-order valence-corrected chi connectivity index (χ2v) is 4.93. The van der Waals surface area contributed by atoms with Crippen molar-refractivity contribution in [2.45, 2.75) is 30.9 Å². The molecule has 1 aliphatic heterocycles. The Labute approximate surface area is 122 Å². The molecule has 1 heterocycles. The van der Waals surface area contributed by atoms with E-state index in [2.05, 4.69) is 0 Å². The number of aliphatic hydroxyl groups excluding tert-OH is 4. The minimum Gasteiger partial charge on any atom is -0.445 e. The van der Waals surface area contributed by atoms with Crippen LogP contribution in [0.5, 0.6) is 0 Å². The van der Waals surface area contributed by atoms with Crippen LogP contribution in [0.3, 0.4) is 0 Å². The third-order valence-electron chi connectivity index (χ3n) is 3.64. The molecule has 7 heteroatoms. The van der Waals surface area contributed by atoms with Crippen LogP contribution in [-0.4, -0.2) is 68.9 Å². The number of nitrogens with zero attached hydrogens (tertiary/aromatic N) is 1. The molecule has 1 amide bonds. The van der Waals surface area contributed by atoms with E-state index in [0.717, 1.165) is 10.5 Å². The van der Waals surface area contributed by atoms with Crippen molar-refractivity contribution < 1.29 is 30.0 Å². The second kappa shape index (κ2) is 6.86. The zero-order valence-corrected chi connectivity index (χ0v) is 11.4. The summed E-state index contributed by atoms with van der Waals surface area (Å²) in [5.74, 6) is 0. The first-order chi connectivity index (χ1) is 10.1. The molecule has 1 fully saturated rings. The molecule has 7 nitrogen and oxygen atoms in total. The molecule has 0 aromatic heterocycles. The topological polar surface area (TPSA) is 110 Å². The molecule has 1 aromatic carbocycles. The van der Waals surface area contributed by atoms with Crippen molar-refractivity contribution in [3.8, 4) is 0 Å². The summed E-state index contributed by atoms with van der Waals surface area (Å²) in [6.07, 6.45) is -3.44. The predicted molar refractivity (Wildman–Crippen MR) is 72.2 cm³/mol. The molecular weight excluding hydrogens is 278 g/mol. The summed E-state index contributed by atoms with van der Waals surface area (Å²) < 4.78 is 5.12. The largest absolute Gasteiger partial charge is 0.445 e. The summed E-state index contributed by atoms with van der Waals surface area (Å²) >= 11 is 0. The highest BCUT2D eigenvalue weighted by Crippen LogP contribution is 2.26. The molecule has 116 valence electrons. The molecule has 0 spiro atoms. The Morgan fingerprint density at radius 3 is 2.05 bits per heavy atom. The number of carbonyl (C=O) groups is 1. The van der Waals surface area contributed by atoms with Crippen LogP contribution in [0.25, 0.3) is 0 Å². The van der Waals surface area contributed by atoms with E-state index in [-0.39, 0.29) is 6.61 Å². The van der Waals surface area contributed by atoms with Gasteiger partial charge in [0.1, 0.15) is 18.8 Å². The van der Waals surface area contributed by atoms with Crippen LogP contribution in [-0.2, 0) is 11.3 Å². The summed E-state index contributed by atoms with van der Waals surface area (Å²) in [7, 11) is 0. The molecule has 1 aliphatic rings. The SMILES string of the molecule is O=C(OCc1ccccc1)N1[C@H](CO)[C@@H](O)[C@H](O)[C@@H]1CO. The minimum atomic E-state index is -1.32. The number of likely N-dealkylation sites (tertiary alicyclic amines) is 1. The molecule has 0 bridgehead atoms. The van der Waals surface area contributed by atoms with Crippen LogP contribution in [0.4, 0.5) is 4.79 Å². The lowest BCUT2D eigenvalue weighted by atomic mass is 10.1. The summed E-state index contributed by atoms with van der Waals surface area (Å²) in [5.41, 5.74) is 0.784. The summed E-state index contributed by atoms with van der Waals surface area (Å²) in [5, 5.41) is 38.1. The van der Waals surface area contributed by atoms with Gasteiger partial charge in [0.25, 0.3) is 0 Å². The lowest BCUT2D eigenvalue weighted by molar-refractivity contribution is 0.0130. The van der Waals surface area contributed by atoms with E-state index >= 15 is 0 Å². The quantitative estimate of drug-likeness (QED) is 0.572. The van der Waals surface area contributed by atoms with Crippen molar-refractivity contribution in [1.82, 2.24) is 4.90 Å². The predicted octanol–water partition coefficient (Wildman–Crippen LogP) is -0.918. The van der Waals surface area contributed by atoms with Gasteiger partial charge in [0.2, 0.25) is 0 Å². The molecule has 2 rings (SSSR count). The number of hydrogen-bond donors (Lipinski definition) is 4. The summed E-state index contributed by atoms with van der Waals surface area (Å²) in [4.78, 5) is 13.1. The van der Waals surface area contributed by atoms with Crippen LogP contribution in [0.1, 0.15) is 5.56 Å². The Balaban J connectivity index is 2.05. The lowest BCUT2D eigenvalue weighted by Gasteiger charge is -2.27. The molecule has 4 N–H and O–H groups in total. The van der Waals surface area contributed by atoms with E-state index in [0.29, 0.717) is 0 Å². The number of benzene rings is 1. The van der Waals surface area contributed by atoms with Gasteiger partial charge < -0.3 is 25.2 Å². The summed E-state index contributed by atoms with van der Waals surface area (Å²) in [6.45, 7) is -1.04. The highest BCUT2D eigenvalue weighted by Gasteiger charge is 2.50. The number of ether oxygens (including phenoxy) is 1. The first-order valence-electron chi connectivity index (χ1n) is 6.67. The molecule has 1 saturated heterocycles. The van der Waals surface area contributed by atoms with Crippen molar-refractivity contribution in [3.05, 3.63) is 35.9 Å². The molecule has 4 atom stereocenters. The average molecular weight is 297 g/mol. The minimum absolute atomic E-state index is 0.0264. The molecule has 0 unspecified atom stereocenters. The fourth-order valence-electron chi connectivity index (χ4n) is 2.49. The highest BCUT2D eigenvalue weighted by molar-refractivity contribution is 5.69. The Bertz CT molecular complexity index is 452. The average Bonchev–Trinajstić information content (AvgIpc) is 2.77. The van der Waals surface area contributed by atoms with Gasteiger partial charge in [0.15, 0.2) is 0 Å². The van der Waals surface area contributed by atoms with Crippen molar-refractivity contribution >= 4 is 6.09 Å². The standard InChI is InChI=1S/C14H19NO6/c16-6-10-12(18)13(19)11(7-17)15(10)14(20)21-8-9-4-2-1-3-5-9/h1-5,10-13,16-19H,6-8H2/t10-,11+,12-,13-/m1/s1. The fraction of sp³-hybridized carbons (Fsp3) is 0.500. The first kappa shape index (κ1) is 15.7. The molecule has 1 aromatic rings. The van der Waals surface area contributed by atoms with Crippen LogP contribution in [0.2, 0.25) is 0 Å². The van der Waals surface area contributed by atoms with Gasteiger partial charge in [-0.25, -0.2) is 4.79 Å². The second-order valence-electron chi connectivity index (χ2n) is 4.93. The molecule has 0 radical (unpaired) electrons. The van der Waals surface area contributed by atoms with E-state index in [1.807, 2.05) is 6.07 Å². The zero-order chi connectivity index (χ0) is 15.4. The smallest absolute Gasteiger partial charge is 0.410 e. The molecular formula is C14H19NO6. The normalized spacial score (nSPS) is 28.7. The van der Waals surface area contributed by atoms with Gasteiger partial charge in [-0.1, -0.05) is 30.3 Å². The van der Waals surface area contributed by atoms with Gasteiger partial charge in [0, 0.05) is 0 Å². The van der Waals surface area contributed by atoms with E-state index in [9.17, 15) is 25.2 Å². The maximum Gasteiger partial charge on any atom is 0.410 e. The Kier molecular flexibility index (Phi) is 5.13. The number of amides is 1. The Morgan fingerprint density at radius 1 is 1.05 bits per heavy atom. The van der Waals surface area contributed by atoms with Gasteiger partial charge in [-0.3, -0.25) is 4.90 Å². The van der Waals surface area contributed by atoms with Gasteiger partial charge in [0.05, 0.1) is 25.3 Å². The third-order valence-corrected chi connectivity index (χ3v) is 3.64. The Morgan fingerprint density at radius 2 is 1.57 bits per heavy atom. The Hall–Kier alpha value is -1.67. The zero-order valence-electron chi connectivity index (χ0n) is 11.4. The van der Waals surface area contributed by atoms with E-state index < -0.39 is 43.6 Å². The number of carbonyl (C=O) groups excluding carboxylic acids is 1. The molecule has 0 aliphatic carbocycles. The van der Waals surface area contributed by atoms with Crippen molar-refractivity contribution in [2.24, 2.45) is 0 Å². The molecule has 0 saturated carbocycles. The summed E-state index contributed by atoms with van der Waals surface area (Å²) in [6, 6.07) is 7.02. The van der Waals surface area contributed by atoms with E-state index in [1.54, 1.807) is 24.3 Å². The van der Waals surface area contributed by atoms with Crippen LogP contribution >= 0.6 is 0 Å². The van der Waals surface area contributed by atoms with E-state index in [4.69, 9.17) is 4.74 Å². The first-order valence-corrected chi connectivity index (χ1v) is 6.67. The lowest BCUT2D eigenvalue weighted by Crippen LogP contribution is -2.47. The van der Waals surface area contributed by atoms with Crippen molar-refractivity contribution in [3.63, 3.8) is 0 Å². The number of rotatable bonds is 4. The van der Waals surface area contributed by atoms with Crippen molar-refractivity contribution in [1.29, 1.82) is 0 Å². The number of aliphatic hydroxyl groups is 4. The van der Waals surface area contributed by atoms with Crippen LogP contribution in [0.15, 0.2) is 30.3 Å².